The average molecular weight is 289 g/mol. The Morgan fingerprint density at radius 3 is 2.71 bits per heavy atom. The quantitative estimate of drug-likeness (QED) is 0.865. The zero-order valence-electron chi connectivity index (χ0n) is 13.4. The van der Waals surface area contributed by atoms with Crippen molar-refractivity contribution in [2.45, 2.75) is 45.2 Å². The van der Waals surface area contributed by atoms with Crippen LogP contribution in [0.15, 0.2) is 31.0 Å². The minimum Gasteiger partial charge on any atom is -0.340 e. The predicted octanol–water partition coefficient (Wildman–Crippen LogP) is 2.84. The van der Waals surface area contributed by atoms with Crippen LogP contribution in [-0.4, -0.2) is 40.5 Å². The SMILES string of the molecule is C=CCN(C(=O)c1cccn1C1CCNCC1)C(C)(C)C. The summed E-state index contributed by atoms with van der Waals surface area (Å²) in [5.74, 6) is 0.0888. The van der Waals surface area contributed by atoms with E-state index in [1.165, 1.54) is 0 Å². The summed E-state index contributed by atoms with van der Waals surface area (Å²) in [6.45, 7) is 12.6. The molecule has 1 aromatic heterocycles. The van der Waals surface area contributed by atoms with Crippen LogP contribution in [-0.2, 0) is 0 Å². The van der Waals surface area contributed by atoms with Gasteiger partial charge in [-0.05, 0) is 58.8 Å². The van der Waals surface area contributed by atoms with Gasteiger partial charge >= 0.3 is 0 Å². The molecule has 1 aliphatic rings. The largest absolute Gasteiger partial charge is 0.340 e. The number of carbonyl (C=O) groups excluding carboxylic acids is 1. The highest BCUT2D eigenvalue weighted by Gasteiger charge is 2.29. The van der Waals surface area contributed by atoms with Gasteiger partial charge in [-0.25, -0.2) is 0 Å². The van der Waals surface area contributed by atoms with E-state index in [9.17, 15) is 4.79 Å². The number of carbonyl (C=O) groups is 1. The molecule has 1 aromatic rings. The average Bonchev–Trinajstić information content (AvgIpc) is 2.93. The summed E-state index contributed by atoms with van der Waals surface area (Å²) in [7, 11) is 0. The smallest absolute Gasteiger partial charge is 0.271 e. The first-order chi connectivity index (χ1) is 9.95. The topological polar surface area (TPSA) is 37.3 Å². The van der Waals surface area contributed by atoms with Crippen LogP contribution in [0.2, 0.25) is 0 Å². The van der Waals surface area contributed by atoms with E-state index in [2.05, 4.69) is 37.2 Å². The zero-order valence-corrected chi connectivity index (χ0v) is 13.4. The van der Waals surface area contributed by atoms with Crippen LogP contribution in [0.3, 0.4) is 0 Å². The van der Waals surface area contributed by atoms with Crippen molar-refractivity contribution in [2.75, 3.05) is 19.6 Å². The van der Waals surface area contributed by atoms with Crippen molar-refractivity contribution in [3.8, 4) is 0 Å². The second-order valence-electron chi connectivity index (χ2n) is 6.66. The van der Waals surface area contributed by atoms with E-state index in [0.29, 0.717) is 12.6 Å². The fourth-order valence-electron chi connectivity index (χ4n) is 2.91. The molecule has 1 saturated heterocycles. The minimum atomic E-state index is -0.214. The Morgan fingerprint density at radius 1 is 1.48 bits per heavy atom. The second-order valence-corrected chi connectivity index (χ2v) is 6.66. The molecule has 1 N–H and O–H groups in total. The number of piperidine rings is 1. The monoisotopic (exact) mass is 289 g/mol. The molecule has 4 heteroatoms. The molecule has 0 atom stereocenters. The van der Waals surface area contributed by atoms with E-state index in [0.717, 1.165) is 31.6 Å². The van der Waals surface area contributed by atoms with Gasteiger partial charge in [0.15, 0.2) is 0 Å². The lowest BCUT2D eigenvalue weighted by atomic mass is 10.0. The van der Waals surface area contributed by atoms with Gasteiger partial charge in [0.2, 0.25) is 0 Å². The predicted molar refractivity (Wildman–Crippen MR) is 86.6 cm³/mol. The third-order valence-electron chi connectivity index (χ3n) is 4.07. The van der Waals surface area contributed by atoms with Gasteiger partial charge in [-0.2, -0.15) is 0 Å². The number of rotatable bonds is 4. The van der Waals surface area contributed by atoms with Crippen molar-refractivity contribution in [1.82, 2.24) is 14.8 Å². The highest BCUT2D eigenvalue weighted by atomic mass is 16.2. The van der Waals surface area contributed by atoms with Crippen LogP contribution in [0.5, 0.6) is 0 Å². The molecule has 0 spiro atoms. The second kappa shape index (κ2) is 6.48. The van der Waals surface area contributed by atoms with E-state index < -0.39 is 0 Å². The van der Waals surface area contributed by atoms with E-state index >= 15 is 0 Å². The first-order valence-corrected chi connectivity index (χ1v) is 7.75. The molecular formula is C17H27N3O. The van der Waals surface area contributed by atoms with E-state index in [1.807, 2.05) is 23.2 Å². The number of amides is 1. The number of nitrogens with one attached hydrogen (secondary N) is 1. The summed E-state index contributed by atoms with van der Waals surface area (Å²) in [5, 5.41) is 3.37. The van der Waals surface area contributed by atoms with Gasteiger partial charge in [-0.15, -0.1) is 6.58 Å². The highest BCUT2D eigenvalue weighted by Crippen LogP contribution is 2.24. The van der Waals surface area contributed by atoms with Gasteiger partial charge in [0.25, 0.3) is 5.91 Å². The Labute approximate surface area is 127 Å². The fourth-order valence-corrected chi connectivity index (χ4v) is 2.91. The summed E-state index contributed by atoms with van der Waals surface area (Å²) >= 11 is 0. The van der Waals surface area contributed by atoms with Gasteiger partial charge in [-0.1, -0.05) is 6.08 Å². The lowest BCUT2D eigenvalue weighted by Gasteiger charge is -2.36. The normalized spacial score (nSPS) is 16.7. The molecule has 2 rings (SSSR count). The summed E-state index contributed by atoms with van der Waals surface area (Å²) < 4.78 is 2.16. The van der Waals surface area contributed by atoms with Crippen molar-refractivity contribution in [2.24, 2.45) is 0 Å². The Hall–Kier alpha value is -1.55. The molecule has 0 radical (unpaired) electrons. The molecule has 1 aliphatic heterocycles. The highest BCUT2D eigenvalue weighted by molar-refractivity contribution is 5.93. The summed E-state index contributed by atoms with van der Waals surface area (Å²) in [6, 6.07) is 4.33. The number of hydrogen-bond donors (Lipinski definition) is 1. The van der Waals surface area contributed by atoms with Crippen LogP contribution in [0.25, 0.3) is 0 Å². The molecule has 1 fully saturated rings. The van der Waals surface area contributed by atoms with Gasteiger partial charge in [-0.3, -0.25) is 4.79 Å². The summed E-state index contributed by atoms with van der Waals surface area (Å²) in [6.07, 6.45) is 5.98. The first kappa shape index (κ1) is 15.8. The van der Waals surface area contributed by atoms with Crippen molar-refractivity contribution in [3.05, 3.63) is 36.7 Å². The van der Waals surface area contributed by atoms with Crippen molar-refractivity contribution in [1.29, 1.82) is 0 Å². The fraction of sp³-hybridized carbons (Fsp3) is 0.588. The van der Waals surface area contributed by atoms with E-state index in [4.69, 9.17) is 0 Å². The minimum absolute atomic E-state index is 0.0888. The molecule has 2 heterocycles. The van der Waals surface area contributed by atoms with Crippen LogP contribution < -0.4 is 5.32 Å². The molecule has 0 aliphatic carbocycles. The Bertz CT molecular complexity index is 492. The van der Waals surface area contributed by atoms with Crippen molar-refractivity contribution >= 4 is 5.91 Å². The van der Waals surface area contributed by atoms with Gasteiger partial charge in [0, 0.05) is 24.3 Å². The lowest BCUT2D eigenvalue weighted by Crippen LogP contribution is -2.46. The zero-order chi connectivity index (χ0) is 15.5. The van der Waals surface area contributed by atoms with Gasteiger partial charge in [0.05, 0.1) is 0 Å². The lowest BCUT2D eigenvalue weighted by molar-refractivity contribution is 0.0601. The Morgan fingerprint density at radius 2 is 2.14 bits per heavy atom. The van der Waals surface area contributed by atoms with Crippen molar-refractivity contribution < 1.29 is 4.79 Å². The molecule has 1 amide bonds. The maximum Gasteiger partial charge on any atom is 0.271 e. The molecule has 0 bridgehead atoms. The Kier molecular flexibility index (Phi) is 4.88. The van der Waals surface area contributed by atoms with Gasteiger partial charge in [0.1, 0.15) is 5.69 Å². The molecule has 116 valence electrons. The van der Waals surface area contributed by atoms with E-state index in [1.54, 1.807) is 6.08 Å². The maximum absolute atomic E-state index is 12.9. The third-order valence-corrected chi connectivity index (χ3v) is 4.07. The van der Waals surface area contributed by atoms with Gasteiger partial charge < -0.3 is 14.8 Å². The number of nitrogens with zero attached hydrogens (tertiary/aromatic N) is 2. The molecule has 0 saturated carbocycles. The van der Waals surface area contributed by atoms with E-state index in [-0.39, 0.29) is 11.4 Å². The Balaban J connectivity index is 2.26. The van der Waals surface area contributed by atoms with Crippen LogP contribution in [0.1, 0.15) is 50.1 Å². The molecule has 0 unspecified atom stereocenters. The molecule has 0 aromatic carbocycles. The van der Waals surface area contributed by atoms with Crippen LogP contribution in [0, 0.1) is 0 Å². The standard InChI is InChI=1S/C17H27N3O/c1-5-12-20(17(2,3)4)16(21)15-7-6-13-19(15)14-8-10-18-11-9-14/h5-7,13-14,18H,1,8-12H2,2-4H3. The first-order valence-electron chi connectivity index (χ1n) is 7.75. The molecular weight excluding hydrogens is 262 g/mol. The maximum atomic E-state index is 12.9. The number of aromatic nitrogens is 1. The van der Waals surface area contributed by atoms with Crippen molar-refractivity contribution in [3.63, 3.8) is 0 Å². The number of hydrogen-bond acceptors (Lipinski definition) is 2. The molecule has 4 nitrogen and oxygen atoms in total. The summed E-state index contributed by atoms with van der Waals surface area (Å²) in [4.78, 5) is 14.8. The third kappa shape index (κ3) is 3.56. The molecule has 21 heavy (non-hydrogen) atoms. The van der Waals surface area contributed by atoms with Crippen LogP contribution in [0.4, 0.5) is 0 Å². The summed E-state index contributed by atoms with van der Waals surface area (Å²) in [5.41, 5.74) is 0.577. The van der Waals surface area contributed by atoms with Crippen LogP contribution >= 0.6 is 0 Å².